The molecule has 1 fully saturated rings. The van der Waals surface area contributed by atoms with Crippen LogP contribution in [0.4, 0.5) is 0 Å². The molecule has 2 aliphatic rings. The molecule has 0 spiro atoms. The molecule has 2 aromatic rings. The number of amides is 1. The standard InChI is InChI=1S/C18H22N4O2/c1-24-12-15-10-21(18(23)16-4-2-3-7-19-16)9-14-11-22(20-17(14)15)8-13-5-6-13/h2-4,7,11,13,15H,5-6,8-10,12H2,1H3/t15-/m0/s1. The largest absolute Gasteiger partial charge is 0.384 e. The number of rotatable bonds is 5. The van der Waals surface area contributed by atoms with E-state index in [-0.39, 0.29) is 11.8 Å². The molecule has 0 aromatic carbocycles. The number of carbonyl (C=O) groups excluding carboxylic acids is 1. The molecule has 0 radical (unpaired) electrons. The highest BCUT2D eigenvalue weighted by Gasteiger charge is 2.32. The van der Waals surface area contributed by atoms with Crippen molar-refractivity contribution < 1.29 is 9.53 Å². The maximum atomic E-state index is 12.7. The first-order valence-electron chi connectivity index (χ1n) is 8.50. The van der Waals surface area contributed by atoms with Gasteiger partial charge in [0.2, 0.25) is 0 Å². The Morgan fingerprint density at radius 1 is 1.38 bits per heavy atom. The van der Waals surface area contributed by atoms with Gasteiger partial charge in [-0.05, 0) is 30.9 Å². The Morgan fingerprint density at radius 2 is 2.25 bits per heavy atom. The van der Waals surface area contributed by atoms with Gasteiger partial charge in [-0.15, -0.1) is 0 Å². The number of fused-ring (bicyclic) bond motifs is 1. The zero-order valence-corrected chi connectivity index (χ0v) is 13.9. The van der Waals surface area contributed by atoms with E-state index in [9.17, 15) is 4.79 Å². The van der Waals surface area contributed by atoms with E-state index in [0.717, 1.165) is 23.7 Å². The molecule has 1 saturated carbocycles. The predicted octanol–water partition coefficient (Wildman–Crippen LogP) is 2.07. The SMILES string of the molecule is COC[C@@H]1CN(C(=O)c2ccccn2)Cc2cn(CC3CC3)nc21. The van der Waals surface area contributed by atoms with Gasteiger partial charge >= 0.3 is 0 Å². The van der Waals surface area contributed by atoms with E-state index >= 15 is 0 Å². The van der Waals surface area contributed by atoms with E-state index < -0.39 is 0 Å². The quantitative estimate of drug-likeness (QED) is 0.844. The number of ether oxygens (including phenoxy) is 1. The van der Waals surface area contributed by atoms with Crippen molar-refractivity contribution in [2.45, 2.75) is 31.8 Å². The average Bonchev–Trinajstić information content (AvgIpc) is 3.32. The zero-order valence-electron chi connectivity index (χ0n) is 13.9. The highest BCUT2D eigenvalue weighted by Crippen LogP contribution is 2.32. The normalized spacial score (nSPS) is 20.0. The number of nitrogens with zero attached hydrogens (tertiary/aromatic N) is 4. The van der Waals surface area contributed by atoms with Crippen LogP contribution in [-0.2, 0) is 17.8 Å². The van der Waals surface area contributed by atoms with Crippen LogP contribution in [-0.4, -0.2) is 45.8 Å². The average molecular weight is 326 g/mol. The van der Waals surface area contributed by atoms with E-state index in [0.29, 0.717) is 25.4 Å². The van der Waals surface area contributed by atoms with Crippen LogP contribution in [0.3, 0.4) is 0 Å². The lowest BCUT2D eigenvalue weighted by molar-refractivity contribution is 0.0673. The second-order valence-electron chi connectivity index (χ2n) is 6.76. The Hall–Kier alpha value is -2.21. The zero-order chi connectivity index (χ0) is 16.5. The van der Waals surface area contributed by atoms with Crippen molar-refractivity contribution in [3.63, 3.8) is 0 Å². The van der Waals surface area contributed by atoms with Crippen LogP contribution in [0.2, 0.25) is 0 Å². The van der Waals surface area contributed by atoms with Gasteiger partial charge in [-0.1, -0.05) is 6.07 Å². The predicted molar refractivity (Wildman–Crippen MR) is 88.5 cm³/mol. The fourth-order valence-corrected chi connectivity index (χ4v) is 3.36. The van der Waals surface area contributed by atoms with Crippen molar-refractivity contribution >= 4 is 5.91 Å². The molecule has 1 amide bonds. The monoisotopic (exact) mass is 326 g/mol. The number of pyridine rings is 1. The molecule has 126 valence electrons. The van der Waals surface area contributed by atoms with Gasteiger partial charge in [-0.2, -0.15) is 5.10 Å². The summed E-state index contributed by atoms with van der Waals surface area (Å²) in [6.45, 7) is 2.77. The minimum Gasteiger partial charge on any atom is -0.384 e. The van der Waals surface area contributed by atoms with E-state index in [1.807, 2.05) is 17.0 Å². The van der Waals surface area contributed by atoms with Gasteiger partial charge in [-0.25, -0.2) is 0 Å². The van der Waals surface area contributed by atoms with Crippen LogP contribution in [0.5, 0.6) is 0 Å². The summed E-state index contributed by atoms with van der Waals surface area (Å²) >= 11 is 0. The smallest absolute Gasteiger partial charge is 0.272 e. The summed E-state index contributed by atoms with van der Waals surface area (Å²) in [7, 11) is 1.69. The van der Waals surface area contributed by atoms with Crippen LogP contribution < -0.4 is 0 Å². The third-order valence-corrected chi connectivity index (χ3v) is 4.74. The highest BCUT2D eigenvalue weighted by atomic mass is 16.5. The Labute approximate surface area is 141 Å². The van der Waals surface area contributed by atoms with Gasteiger partial charge in [0, 0.05) is 50.6 Å². The first kappa shape index (κ1) is 15.3. The Morgan fingerprint density at radius 3 is 2.96 bits per heavy atom. The molecule has 3 heterocycles. The molecule has 0 saturated heterocycles. The molecular formula is C18H22N4O2. The van der Waals surface area contributed by atoms with E-state index in [4.69, 9.17) is 9.84 Å². The molecule has 0 unspecified atom stereocenters. The fraction of sp³-hybridized carbons (Fsp3) is 0.500. The highest BCUT2D eigenvalue weighted by molar-refractivity contribution is 5.92. The lowest BCUT2D eigenvalue weighted by atomic mass is 9.97. The molecule has 1 aliphatic heterocycles. The summed E-state index contributed by atoms with van der Waals surface area (Å²) in [5, 5.41) is 4.78. The molecule has 4 rings (SSSR count). The Kier molecular flexibility index (Phi) is 4.06. The molecule has 2 aromatic heterocycles. The number of hydrogen-bond donors (Lipinski definition) is 0. The molecule has 24 heavy (non-hydrogen) atoms. The van der Waals surface area contributed by atoms with E-state index in [2.05, 4.69) is 15.9 Å². The Balaban J connectivity index is 1.58. The van der Waals surface area contributed by atoms with Crippen molar-refractivity contribution in [3.8, 4) is 0 Å². The van der Waals surface area contributed by atoms with Crippen molar-refractivity contribution in [1.82, 2.24) is 19.7 Å². The van der Waals surface area contributed by atoms with Gasteiger partial charge in [0.15, 0.2) is 0 Å². The summed E-state index contributed by atoms with van der Waals surface area (Å²) in [6.07, 6.45) is 6.36. The third-order valence-electron chi connectivity index (χ3n) is 4.74. The maximum Gasteiger partial charge on any atom is 0.272 e. The number of hydrogen-bond acceptors (Lipinski definition) is 4. The van der Waals surface area contributed by atoms with Gasteiger partial charge in [-0.3, -0.25) is 14.5 Å². The summed E-state index contributed by atoms with van der Waals surface area (Å²) in [5.74, 6) is 0.864. The van der Waals surface area contributed by atoms with Crippen molar-refractivity contribution in [3.05, 3.63) is 47.5 Å². The number of methoxy groups -OCH3 is 1. The van der Waals surface area contributed by atoms with E-state index in [1.165, 1.54) is 12.8 Å². The molecule has 1 atom stereocenters. The van der Waals surface area contributed by atoms with Crippen LogP contribution in [0.15, 0.2) is 30.6 Å². The van der Waals surface area contributed by atoms with Gasteiger partial charge < -0.3 is 9.64 Å². The summed E-state index contributed by atoms with van der Waals surface area (Å²) in [5.41, 5.74) is 2.71. The topological polar surface area (TPSA) is 60.2 Å². The molecule has 6 heteroatoms. The maximum absolute atomic E-state index is 12.7. The second-order valence-corrected chi connectivity index (χ2v) is 6.76. The first-order chi connectivity index (χ1) is 11.7. The summed E-state index contributed by atoms with van der Waals surface area (Å²) < 4.78 is 7.43. The van der Waals surface area contributed by atoms with Gasteiger partial charge in [0.25, 0.3) is 5.91 Å². The van der Waals surface area contributed by atoms with Crippen LogP contribution in [0.1, 0.15) is 40.5 Å². The summed E-state index contributed by atoms with van der Waals surface area (Å²) in [6, 6.07) is 5.43. The molecule has 6 nitrogen and oxygen atoms in total. The lowest BCUT2D eigenvalue weighted by Crippen LogP contribution is -2.39. The van der Waals surface area contributed by atoms with Gasteiger partial charge in [0.05, 0.1) is 12.3 Å². The third kappa shape index (κ3) is 3.06. The Bertz CT molecular complexity index is 724. The second kappa shape index (κ2) is 6.36. The summed E-state index contributed by atoms with van der Waals surface area (Å²) in [4.78, 5) is 18.8. The fourth-order valence-electron chi connectivity index (χ4n) is 3.36. The molecule has 0 N–H and O–H groups in total. The van der Waals surface area contributed by atoms with Crippen molar-refractivity contribution in [1.29, 1.82) is 0 Å². The molecular weight excluding hydrogens is 304 g/mol. The molecule has 1 aliphatic carbocycles. The number of carbonyl (C=O) groups is 1. The van der Waals surface area contributed by atoms with E-state index in [1.54, 1.807) is 19.4 Å². The van der Waals surface area contributed by atoms with Crippen LogP contribution >= 0.6 is 0 Å². The van der Waals surface area contributed by atoms with Crippen LogP contribution in [0.25, 0.3) is 0 Å². The first-order valence-corrected chi connectivity index (χ1v) is 8.50. The van der Waals surface area contributed by atoms with Crippen molar-refractivity contribution in [2.75, 3.05) is 20.3 Å². The van der Waals surface area contributed by atoms with Crippen LogP contribution in [0, 0.1) is 5.92 Å². The van der Waals surface area contributed by atoms with Crippen molar-refractivity contribution in [2.24, 2.45) is 5.92 Å². The molecule has 0 bridgehead atoms. The lowest BCUT2D eigenvalue weighted by Gasteiger charge is -2.31. The van der Waals surface area contributed by atoms with Gasteiger partial charge in [0.1, 0.15) is 5.69 Å². The minimum absolute atomic E-state index is 0.0303. The minimum atomic E-state index is -0.0303. The number of aromatic nitrogens is 3.